The molecule has 0 radical (unpaired) electrons. The van der Waals surface area contributed by atoms with Gasteiger partial charge in [-0.25, -0.2) is 0 Å². The van der Waals surface area contributed by atoms with Crippen molar-refractivity contribution in [2.45, 2.75) is 19.8 Å². The summed E-state index contributed by atoms with van der Waals surface area (Å²) in [6, 6.07) is 0. The molecule has 0 atom stereocenters. The van der Waals surface area contributed by atoms with Gasteiger partial charge in [-0.3, -0.25) is 0 Å². The van der Waals surface area contributed by atoms with E-state index in [2.05, 4.69) is 6.92 Å². The van der Waals surface area contributed by atoms with Crippen LogP contribution in [0.5, 0.6) is 0 Å². The Morgan fingerprint density at radius 1 is 1.44 bits per heavy atom. The third-order valence-electron chi connectivity index (χ3n) is 0.512. The first-order valence-electron chi connectivity index (χ1n) is 2.54. The normalized spacial score (nSPS) is 7.44. The van der Waals surface area contributed by atoms with E-state index in [4.69, 9.17) is 15.7 Å². The fraction of sp³-hybridized carbons (Fsp3) is 1.00. The standard InChI is InChI=1S/C4H10O.H2O.2O.W/c1-2-3-4-5;;;;/h5H,2-4H2,1H3;1H2;;;/q;;;;+1/p-1. The van der Waals surface area contributed by atoms with Crippen molar-refractivity contribution in [1.29, 1.82) is 0 Å². The zero-order valence-electron chi connectivity index (χ0n) is 5.24. The molecule has 57 valence electrons. The van der Waals surface area contributed by atoms with Crippen LogP contribution in [-0.2, 0) is 24.4 Å². The molecule has 9 heavy (non-hydrogen) atoms. The van der Waals surface area contributed by atoms with Crippen LogP contribution in [0.2, 0.25) is 0 Å². The summed E-state index contributed by atoms with van der Waals surface area (Å²) in [5, 5.41) is 8.07. The summed E-state index contributed by atoms with van der Waals surface area (Å²) in [6.45, 7) is 2.40. The molecule has 2 N–H and O–H groups in total. The number of hydrogen-bond donors (Lipinski definition) is 2. The van der Waals surface area contributed by atoms with Crippen LogP contribution in [0.1, 0.15) is 19.8 Å². The van der Waals surface area contributed by atoms with Crippen LogP contribution >= 0.6 is 0 Å². The third-order valence-corrected chi connectivity index (χ3v) is 0.512. The van der Waals surface area contributed by atoms with Crippen LogP contribution < -0.4 is 0 Å². The first-order chi connectivity index (χ1) is 4.15. The second kappa shape index (κ2) is 11.1. The zero-order valence-corrected chi connectivity index (χ0v) is 8.17. The van der Waals surface area contributed by atoms with Crippen molar-refractivity contribution in [3.8, 4) is 0 Å². The quantitative estimate of drug-likeness (QED) is 0.752. The van der Waals surface area contributed by atoms with Gasteiger partial charge in [-0.1, -0.05) is 13.3 Å². The van der Waals surface area contributed by atoms with Gasteiger partial charge in [0.05, 0.1) is 0 Å². The van der Waals surface area contributed by atoms with Crippen LogP contribution in [0.15, 0.2) is 0 Å². The third kappa shape index (κ3) is 64.9. The average molecular weight is 307 g/mol. The number of hydrogen-bond acceptors (Lipinski definition) is 3. The van der Waals surface area contributed by atoms with E-state index >= 15 is 0 Å². The Kier molecular flexibility index (Phi) is 14.7. The molecule has 0 spiro atoms. The van der Waals surface area contributed by atoms with Gasteiger partial charge in [0.15, 0.2) is 0 Å². The Morgan fingerprint density at radius 2 is 1.78 bits per heavy atom. The molecule has 0 aliphatic rings. The molecule has 0 aliphatic carbocycles. The molecule has 0 saturated heterocycles. The predicted molar refractivity (Wildman–Crippen MR) is 25.6 cm³/mol. The van der Waals surface area contributed by atoms with Crippen molar-refractivity contribution in [2.24, 2.45) is 0 Å². The van der Waals surface area contributed by atoms with Gasteiger partial charge in [-0.2, -0.15) is 0 Å². The van der Waals surface area contributed by atoms with Gasteiger partial charge in [0.25, 0.3) is 0 Å². The van der Waals surface area contributed by atoms with Crippen LogP contribution in [0.3, 0.4) is 0 Å². The first-order valence-corrected chi connectivity index (χ1v) is 6.25. The molecule has 0 aliphatic heterocycles. The summed E-state index contributed by atoms with van der Waals surface area (Å²) >= 11 is -4.03. The molecule has 4 nitrogen and oxygen atoms in total. The van der Waals surface area contributed by atoms with Crippen molar-refractivity contribution in [2.75, 3.05) is 6.61 Å². The van der Waals surface area contributed by atoms with Crippen LogP contribution in [-0.4, -0.2) is 15.5 Å². The maximum absolute atomic E-state index is 8.72. The summed E-state index contributed by atoms with van der Waals surface area (Å²) in [5.74, 6) is 0. The maximum atomic E-state index is 8.72. The van der Waals surface area contributed by atoms with Gasteiger partial charge in [0, 0.05) is 6.61 Å². The van der Waals surface area contributed by atoms with Gasteiger partial charge < -0.3 is 5.11 Å². The molecule has 0 aromatic carbocycles. The monoisotopic (exact) mass is 307 g/mol. The number of rotatable bonds is 2. The van der Waals surface area contributed by atoms with Gasteiger partial charge in [0.2, 0.25) is 0 Å². The van der Waals surface area contributed by atoms with Crippen LogP contribution in [0.25, 0.3) is 0 Å². The van der Waals surface area contributed by atoms with Gasteiger partial charge in [-0.15, -0.1) is 0 Å². The Hall–Kier alpha value is 0.208. The van der Waals surface area contributed by atoms with E-state index in [1.54, 1.807) is 0 Å². The van der Waals surface area contributed by atoms with E-state index in [-0.39, 0.29) is 0 Å². The second-order valence-electron chi connectivity index (χ2n) is 1.29. The summed E-state index contributed by atoms with van der Waals surface area (Å²) in [6.07, 6.45) is 2.04. The molecule has 0 aromatic rings. The fourth-order valence-corrected chi connectivity index (χ4v) is 0.158. The predicted octanol–water partition coefficient (Wildman–Crippen LogP) is -0.0183. The van der Waals surface area contributed by atoms with E-state index in [0.717, 1.165) is 12.8 Å². The Bertz CT molecular complexity index is 88.7. The molecule has 5 heteroatoms. The summed E-state index contributed by atoms with van der Waals surface area (Å²) in [7, 11) is 0. The topological polar surface area (TPSA) is 74.6 Å². The molecule has 0 aromatic heterocycles. The number of aliphatic hydroxyl groups is 1. The molecule has 0 fully saturated rings. The fourth-order valence-electron chi connectivity index (χ4n) is 0.158. The number of aliphatic hydroxyl groups excluding tert-OH is 1. The summed E-state index contributed by atoms with van der Waals surface area (Å²) in [4.78, 5) is 0. The van der Waals surface area contributed by atoms with Gasteiger partial charge in [-0.05, 0) is 6.42 Å². The van der Waals surface area contributed by atoms with Crippen LogP contribution in [0, 0.1) is 0 Å². The molecule has 0 amide bonds. The second-order valence-corrected chi connectivity index (χ2v) is 2.85. The van der Waals surface area contributed by atoms with Gasteiger partial charge >= 0.3 is 28.2 Å². The van der Waals surface area contributed by atoms with Crippen molar-refractivity contribution in [3.05, 3.63) is 0 Å². The molecule has 0 rings (SSSR count). The van der Waals surface area contributed by atoms with Crippen molar-refractivity contribution in [1.82, 2.24) is 0 Å². The van der Waals surface area contributed by atoms with Crippen molar-refractivity contribution >= 4 is 0 Å². The molecule has 0 heterocycles. The Morgan fingerprint density at radius 3 is 1.78 bits per heavy atom. The first kappa shape index (κ1) is 11.9. The van der Waals surface area contributed by atoms with E-state index in [9.17, 15) is 0 Å². The van der Waals surface area contributed by atoms with E-state index in [1.165, 1.54) is 0 Å². The summed E-state index contributed by atoms with van der Waals surface area (Å²) < 4.78 is 24.6. The van der Waals surface area contributed by atoms with E-state index < -0.39 is 17.6 Å². The molecular weight excluding hydrogens is 296 g/mol. The minimum absolute atomic E-state index is 0.344. The van der Waals surface area contributed by atoms with Crippen LogP contribution in [0.4, 0.5) is 0 Å². The number of unbranched alkanes of at least 4 members (excludes halogenated alkanes) is 1. The van der Waals surface area contributed by atoms with E-state index in [1.807, 2.05) is 0 Å². The Labute approximate surface area is 60.1 Å². The minimum atomic E-state index is -4.03. The van der Waals surface area contributed by atoms with Crippen molar-refractivity contribution in [3.63, 3.8) is 0 Å². The Balaban J connectivity index is 0. The molecule has 0 bridgehead atoms. The average Bonchev–Trinajstić information content (AvgIpc) is 1.66. The molecular formula is C4H11O4W. The molecule has 0 saturated carbocycles. The van der Waals surface area contributed by atoms with E-state index in [0.29, 0.717) is 6.61 Å². The van der Waals surface area contributed by atoms with Crippen molar-refractivity contribution < 1.29 is 33.3 Å². The zero-order chi connectivity index (χ0) is 7.70. The van der Waals surface area contributed by atoms with Gasteiger partial charge in [0.1, 0.15) is 0 Å². The SMILES string of the molecule is CCCCO.[O]=[W](=[O])[OH]. The summed E-state index contributed by atoms with van der Waals surface area (Å²) in [5.41, 5.74) is 0. The molecule has 0 unspecified atom stereocenters.